The highest BCUT2D eigenvalue weighted by molar-refractivity contribution is 7.99. The Labute approximate surface area is 160 Å². The molecule has 2 aromatic rings. The SMILES string of the molecule is CCNC(=NCc1ccc(Sc2ccccc2)cc1)N1CCC(O)CC1. The maximum Gasteiger partial charge on any atom is 0.194 e. The number of aliphatic imine (C=N–C) groups is 1. The first-order chi connectivity index (χ1) is 12.7. The number of hydrogen-bond donors (Lipinski definition) is 2. The van der Waals surface area contributed by atoms with E-state index in [1.165, 1.54) is 15.4 Å². The van der Waals surface area contributed by atoms with Crippen LogP contribution in [-0.2, 0) is 6.54 Å². The van der Waals surface area contributed by atoms with Crippen molar-refractivity contribution in [3.8, 4) is 0 Å². The van der Waals surface area contributed by atoms with Gasteiger partial charge in [-0.15, -0.1) is 0 Å². The molecule has 0 amide bonds. The number of nitrogens with zero attached hydrogens (tertiary/aromatic N) is 2. The minimum absolute atomic E-state index is 0.163. The predicted molar refractivity (Wildman–Crippen MR) is 109 cm³/mol. The molecule has 1 aliphatic rings. The minimum Gasteiger partial charge on any atom is -0.393 e. The molecule has 138 valence electrons. The fourth-order valence-corrected chi connectivity index (χ4v) is 3.79. The summed E-state index contributed by atoms with van der Waals surface area (Å²) in [6, 6.07) is 19.0. The third kappa shape index (κ3) is 5.51. The Hall–Kier alpha value is -1.98. The molecule has 0 radical (unpaired) electrons. The van der Waals surface area contributed by atoms with Gasteiger partial charge in [-0.25, -0.2) is 4.99 Å². The number of nitrogens with one attached hydrogen (secondary N) is 1. The molecule has 0 atom stereocenters. The molecule has 0 aromatic heterocycles. The van der Waals surface area contributed by atoms with Crippen molar-refractivity contribution in [2.45, 2.75) is 42.2 Å². The van der Waals surface area contributed by atoms with E-state index < -0.39 is 0 Å². The van der Waals surface area contributed by atoms with Crippen LogP contribution in [-0.4, -0.2) is 41.7 Å². The number of aliphatic hydroxyl groups is 1. The van der Waals surface area contributed by atoms with Crippen LogP contribution in [0.2, 0.25) is 0 Å². The van der Waals surface area contributed by atoms with Gasteiger partial charge in [0.05, 0.1) is 12.6 Å². The van der Waals surface area contributed by atoms with Crippen molar-refractivity contribution in [1.29, 1.82) is 0 Å². The van der Waals surface area contributed by atoms with Crippen LogP contribution in [0, 0.1) is 0 Å². The second kappa shape index (κ2) is 9.64. The molecule has 3 rings (SSSR count). The van der Waals surface area contributed by atoms with Crippen molar-refractivity contribution in [1.82, 2.24) is 10.2 Å². The largest absolute Gasteiger partial charge is 0.393 e. The summed E-state index contributed by atoms with van der Waals surface area (Å²) >= 11 is 1.77. The van der Waals surface area contributed by atoms with E-state index in [9.17, 15) is 5.11 Å². The van der Waals surface area contributed by atoms with Gasteiger partial charge in [-0.2, -0.15) is 0 Å². The Morgan fingerprint density at radius 2 is 1.73 bits per heavy atom. The van der Waals surface area contributed by atoms with Crippen LogP contribution < -0.4 is 5.32 Å². The number of guanidine groups is 1. The van der Waals surface area contributed by atoms with Crippen LogP contribution in [0.15, 0.2) is 69.4 Å². The molecule has 2 aromatic carbocycles. The lowest BCUT2D eigenvalue weighted by atomic mass is 10.1. The highest BCUT2D eigenvalue weighted by Gasteiger charge is 2.19. The number of likely N-dealkylation sites (tertiary alicyclic amines) is 1. The number of hydrogen-bond acceptors (Lipinski definition) is 3. The first-order valence-electron chi connectivity index (χ1n) is 9.28. The highest BCUT2D eigenvalue weighted by Crippen LogP contribution is 2.27. The van der Waals surface area contributed by atoms with E-state index in [0.29, 0.717) is 6.54 Å². The van der Waals surface area contributed by atoms with Gasteiger partial charge in [-0.1, -0.05) is 42.1 Å². The zero-order valence-corrected chi connectivity index (χ0v) is 16.1. The lowest BCUT2D eigenvalue weighted by molar-refractivity contribution is 0.108. The second-order valence-corrected chi connectivity index (χ2v) is 7.59. The van der Waals surface area contributed by atoms with Crippen LogP contribution in [0.5, 0.6) is 0 Å². The van der Waals surface area contributed by atoms with E-state index in [1.54, 1.807) is 11.8 Å². The standard InChI is InChI=1S/C21H27N3OS/c1-2-22-21(24-14-12-18(25)13-15-24)23-16-17-8-10-20(11-9-17)26-19-6-4-3-5-7-19/h3-11,18,25H,2,12-16H2,1H3,(H,22,23). The van der Waals surface area contributed by atoms with Crippen LogP contribution in [0.1, 0.15) is 25.3 Å². The smallest absolute Gasteiger partial charge is 0.194 e. The van der Waals surface area contributed by atoms with E-state index in [1.807, 2.05) is 6.07 Å². The summed E-state index contributed by atoms with van der Waals surface area (Å²) in [6.07, 6.45) is 1.47. The first kappa shape index (κ1) is 18.8. The van der Waals surface area contributed by atoms with Gasteiger partial charge in [-0.05, 0) is 49.6 Å². The summed E-state index contributed by atoms with van der Waals surface area (Å²) < 4.78 is 0. The number of aliphatic hydroxyl groups excluding tert-OH is 1. The number of benzene rings is 2. The molecular weight excluding hydrogens is 342 g/mol. The van der Waals surface area contributed by atoms with Crippen molar-refractivity contribution in [2.24, 2.45) is 4.99 Å². The van der Waals surface area contributed by atoms with Gasteiger partial charge in [0.1, 0.15) is 0 Å². The van der Waals surface area contributed by atoms with Gasteiger partial charge in [0.15, 0.2) is 5.96 Å². The van der Waals surface area contributed by atoms with Gasteiger partial charge < -0.3 is 15.3 Å². The third-order valence-corrected chi connectivity index (χ3v) is 5.43. The first-order valence-corrected chi connectivity index (χ1v) is 10.1. The maximum absolute atomic E-state index is 9.69. The lowest BCUT2D eigenvalue weighted by Gasteiger charge is -2.32. The van der Waals surface area contributed by atoms with E-state index in [0.717, 1.165) is 38.4 Å². The summed E-state index contributed by atoms with van der Waals surface area (Å²) in [6.45, 7) is 5.32. The normalized spacial score (nSPS) is 15.9. The Morgan fingerprint density at radius 3 is 2.38 bits per heavy atom. The Morgan fingerprint density at radius 1 is 1.08 bits per heavy atom. The molecule has 2 N–H and O–H groups in total. The van der Waals surface area contributed by atoms with Gasteiger partial charge in [0, 0.05) is 29.4 Å². The molecule has 1 saturated heterocycles. The van der Waals surface area contributed by atoms with Crippen molar-refractivity contribution in [3.63, 3.8) is 0 Å². The lowest BCUT2D eigenvalue weighted by Crippen LogP contribution is -2.46. The van der Waals surface area contributed by atoms with E-state index in [2.05, 4.69) is 65.7 Å². The molecule has 1 fully saturated rings. The zero-order chi connectivity index (χ0) is 18.2. The predicted octanol–water partition coefficient (Wildman–Crippen LogP) is 3.76. The topological polar surface area (TPSA) is 47.9 Å². The molecule has 1 aliphatic heterocycles. The van der Waals surface area contributed by atoms with Crippen molar-refractivity contribution in [2.75, 3.05) is 19.6 Å². The Kier molecular flexibility index (Phi) is 6.97. The van der Waals surface area contributed by atoms with Crippen molar-refractivity contribution < 1.29 is 5.11 Å². The molecule has 5 heteroatoms. The summed E-state index contributed by atoms with van der Waals surface area (Å²) in [5.41, 5.74) is 1.20. The average Bonchev–Trinajstić information content (AvgIpc) is 2.68. The van der Waals surface area contributed by atoms with Gasteiger partial charge in [0.2, 0.25) is 0 Å². The molecule has 1 heterocycles. The Balaban J connectivity index is 1.60. The summed E-state index contributed by atoms with van der Waals surface area (Å²) in [5.74, 6) is 0.946. The van der Waals surface area contributed by atoms with E-state index in [4.69, 9.17) is 4.99 Å². The van der Waals surface area contributed by atoms with Gasteiger partial charge in [0.25, 0.3) is 0 Å². The number of piperidine rings is 1. The van der Waals surface area contributed by atoms with Crippen LogP contribution in [0.4, 0.5) is 0 Å². The second-order valence-electron chi connectivity index (χ2n) is 6.45. The molecule has 0 unspecified atom stereocenters. The summed E-state index contributed by atoms with van der Waals surface area (Å²) in [5, 5.41) is 13.1. The van der Waals surface area contributed by atoms with Crippen LogP contribution >= 0.6 is 11.8 Å². The van der Waals surface area contributed by atoms with E-state index >= 15 is 0 Å². The molecule has 0 aliphatic carbocycles. The quantitative estimate of drug-likeness (QED) is 0.622. The van der Waals surface area contributed by atoms with Gasteiger partial charge >= 0.3 is 0 Å². The highest BCUT2D eigenvalue weighted by atomic mass is 32.2. The molecule has 4 nitrogen and oxygen atoms in total. The maximum atomic E-state index is 9.69. The monoisotopic (exact) mass is 369 g/mol. The molecule has 26 heavy (non-hydrogen) atoms. The van der Waals surface area contributed by atoms with Crippen molar-refractivity contribution in [3.05, 3.63) is 60.2 Å². The van der Waals surface area contributed by atoms with Crippen LogP contribution in [0.25, 0.3) is 0 Å². The molecule has 0 spiro atoms. The number of rotatable bonds is 5. The fraction of sp³-hybridized carbons (Fsp3) is 0.381. The molecular formula is C21H27N3OS. The van der Waals surface area contributed by atoms with E-state index in [-0.39, 0.29) is 6.10 Å². The van der Waals surface area contributed by atoms with Crippen LogP contribution in [0.3, 0.4) is 0 Å². The summed E-state index contributed by atoms with van der Waals surface area (Å²) in [7, 11) is 0. The fourth-order valence-electron chi connectivity index (χ4n) is 2.96. The van der Waals surface area contributed by atoms with Gasteiger partial charge in [-0.3, -0.25) is 0 Å². The zero-order valence-electron chi connectivity index (χ0n) is 15.3. The third-order valence-electron chi connectivity index (χ3n) is 4.41. The molecule has 0 saturated carbocycles. The molecule has 0 bridgehead atoms. The average molecular weight is 370 g/mol. The minimum atomic E-state index is -0.163. The Bertz CT molecular complexity index is 695. The summed E-state index contributed by atoms with van der Waals surface area (Å²) in [4.78, 5) is 9.52. The van der Waals surface area contributed by atoms with Crippen molar-refractivity contribution >= 4 is 17.7 Å².